The third kappa shape index (κ3) is 6.00. The molecule has 23 heavy (non-hydrogen) atoms. The number of nitrogens with zero attached hydrogens (tertiary/aromatic N) is 3. The van der Waals surface area contributed by atoms with E-state index in [4.69, 9.17) is 4.74 Å². The lowest BCUT2D eigenvalue weighted by Gasteiger charge is -2.27. The first kappa shape index (κ1) is 17.4. The van der Waals surface area contributed by atoms with Gasteiger partial charge >= 0.3 is 5.97 Å². The Morgan fingerprint density at radius 1 is 1.22 bits per heavy atom. The van der Waals surface area contributed by atoms with Gasteiger partial charge in [0.05, 0.1) is 12.3 Å². The Morgan fingerprint density at radius 2 is 1.91 bits per heavy atom. The molecule has 0 saturated heterocycles. The van der Waals surface area contributed by atoms with E-state index in [1.807, 2.05) is 43.2 Å². The van der Waals surface area contributed by atoms with Crippen LogP contribution in [0.3, 0.4) is 0 Å². The van der Waals surface area contributed by atoms with Crippen LogP contribution >= 0.6 is 0 Å². The molecule has 1 aromatic carbocycles. The summed E-state index contributed by atoms with van der Waals surface area (Å²) in [5.41, 5.74) is 1.95. The van der Waals surface area contributed by atoms with Crippen LogP contribution in [0.25, 0.3) is 0 Å². The third-order valence-corrected chi connectivity index (χ3v) is 4.26. The van der Waals surface area contributed by atoms with Gasteiger partial charge in [0.2, 0.25) is 0 Å². The number of hydrogen-bond donors (Lipinski definition) is 0. The van der Waals surface area contributed by atoms with Gasteiger partial charge in [-0.25, -0.2) is 0 Å². The zero-order valence-corrected chi connectivity index (χ0v) is 14.2. The van der Waals surface area contributed by atoms with Gasteiger partial charge in [-0.3, -0.25) is 9.80 Å². The predicted octanol–water partition coefficient (Wildman–Crippen LogP) is 4.45. The van der Waals surface area contributed by atoms with Crippen molar-refractivity contribution in [2.24, 2.45) is 10.3 Å². The molecule has 0 amide bonds. The van der Waals surface area contributed by atoms with Gasteiger partial charge in [0.15, 0.2) is 0 Å². The van der Waals surface area contributed by atoms with Crippen LogP contribution in [0.1, 0.15) is 51.0 Å². The van der Waals surface area contributed by atoms with Crippen LogP contribution in [0.15, 0.2) is 34.6 Å². The molecule has 0 radical (unpaired) electrons. The van der Waals surface area contributed by atoms with E-state index in [9.17, 15) is 4.79 Å². The van der Waals surface area contributed by atoms with Gasteiger partial charge in [-0.05, 0) is 43.9 Å². The zero-order valence-electron chi connectivity index (χ0n) is 14.2. The normalized spacial score (nSPS) is 15.7. The van der Waals surface area contributed by atoms with E-state index in [2.05, 4.69) is 10.3 Å². The summed E-state index contributed by atoms with van der Waals surface area (Å²) in [5, 5.41) is 10.6. The second-order valence-corrected chi connectivity index (χ2v) is 6.03. The molecule has 126 valence electrons. The molecule has 0 aliphatic heterocycles. The number of benzene rings is 1. The summed E-state index contributed by atoms with van der Waals surface area (Å²) < 4.78 is 4.93. The molecule has 0 aromatic heterocycles. The van der Waals surface area contributed by atoms with Crippen molar-refractivity contribution >= 4 is 11.7 Å². The van der Waals surface area contributed by atoms with E-state index < -0.39 is 0 Å². The maximum Gasteiger partial charge on any atom is 0.306 e. The van der Waals surface area contributed by atoms with Crippen LogP contribution in [-0.2, 0) is 16.0 Å². The quantitative estimate of drug-likeness (QED) is 0.424. The van der Waals surface area contributed by atoms with E-state index in [0.717, 1.165) is 11.3 Å². The maximum absolute atomic E-state index is 11.3. The molecule has 0 spiro atoms. The molecule has 1 aliphatic carbocycles. The number of rotatable bonds is 7. The Hall–Kier alpha value is -1.91. The fourth-order valence-corrected chi connectivity index (χ4v) is 2.86. The highest BCUT2D eigenvalue weighted by Crippen LogP contribution is 2.23. The first-order chi connectivity index (χ1) is 11.2. The lowest BCUT2D eigenvalue weighted by molar-refractivity contribution is -0.143. The third-order valence-electron chi connectivity index (χ3n) is 4.26. The minimum absolute atomic E-state index is 0.148. The van der Waals surface area contributed by atoms with Crippen molar-refractivity contribution in [1.29, 1.82) is 0 Å². The summed E-state index contributed by atoms with van der Waals surface area (Å²) in [4.78, 5) is 11.3. The Morgan fingerprint density at radius 3 is 2.57 bits per heavy atom. The first-order valence-electron chi connectivity index (χ1n) is 8.58. The number of ether oxygens (including phenoxy) is 1. The van der Waals surface area contributed by atoms with Crippen molar-refractivity contribution < 1.29 is 9.53 Å². The average molecular weight is 317 g/mol. The van der Waals surface area contributed by atoms with Gasteiger partial charge in [0, 0.05) is 19.5 Å². The van der Waals surface area contributed by atoms with Gasteiger partial charge in [-0.1, -0.05) is 36.6 Å². The minimum Gasteiger partial charge on any atom is -0.466 e. The molecule has 5 nitrogen and oxygen atoms in total. The molecule has 5 heteroatoms. The lowest BCUT2D eigenvalue weighted by atomic mass is 9.95. The van der Waals surface area contributed by atoms with Gasteiger partial charge in [0.25, 0.3) is 0 Å². The molecule has 0 N–H and O–H groups in total. The largest absolute Gasteiger partial charge is 0.466 e. The lowest BCUT2D eigenvalue weighted by Crippen LogP contribution is -2.28. The van der Waals surface area contributed by atoms with Crippen LogP contribution in [0.5, 0.6) is 0 Å². The van der Waals surface area contributed by atoms with Crippen LogP contribution in [0.2, 0.25) is 0 Å². The van der Waals surface area contributed by atoms with Crippen molar-refractivity contribution in [2.45, 2.75) is 57.9 Å². The van der Waals surface area contributed by atoms with Crippen molar-refractivity contribution in [3.8, 4) is 0 Å². The average Bonchev–Trinajstić information content (AvgIpc) is 2.60. The summed E-state index contributed by atoms with van der Waals surface area (Å²) in [6.45, 7) is 2.26. The second-order valence-electron chi connectivity index (χ2n) is 6.03. The molecular formula is C18H27N3O2. The summed E-state index contributed by atoms with van der Waals surface area (Å²) in [5.74, 6) is -0.148. The number of hydrogen-bond acceptors (Lipinski definition) is 4. The summed E-state index contributed by atoms with van der Waals surface area (Å²) in [6, 6.07) is 8.40. The Bertz CT molecular complexity index is 508. The molecule has 0 unspecified atom stereocenters. The highest BCUT2D eigenvalue weighted by atomic mass is 16.5. The van der Waals surface area contributed by atoms with Gasteiger partial charge in [-0.2, -0.15) is 0 Å². The van der Waals surface area contributed by atoms with Crippen LogP contribution < -0.4 is 0 Å². The van der Waals surface area contributed by atoms with Crippen molar-refractivity contribution in [2.75, 3.05) is 13.7 Å². The summed E-state index contributed by atoms with van der Waals surface area (Å²) in [7, 11) is 2.01. The van der Waals surface area contributed by atoms with Crippen molar-refractivity contribution in [1.82, 2.24) is 5.01 Å². The smallest absolute Gasteiger partial charge is 0.306 e. The SMILES string of the molecule is CCOC(=O)CCc1ccc(N=NN(C)C2CCCCC2)cc1. The molecule has 1 saturated carbocycles. The Kier molecular flexibility index (Phi) is 7.04. The highest BCUT2D eigenvalue weighted by Gasteiger charge is 2.16. The van der Waals surface area contributed by atoms with Gasteiger partial charge in [0.1, 0.15) is 0 Å². The van der Waals surface area contributed by atoms with Crippen LogP contribution in [0.4, 0.5) is 5.69 Å². The molecule has 0 heterocycles. The van der Waals surface area contributed by atoms with Gasteiger partial charge < -0.3 is 4.74 Å². The molecule has 0 bridgehead atoms. The minimum atomic E-state index is -0.148. The molecule has 1 fully saturated rings. The number of aryl methyl sites for hydroxylation is 1. The number of carbonyl (C=O) groups excluding carboxylic acids is 1. The fraction of sp³-hybridized carbons (Fsp3) is 0.611. The molecular weight excluding hydrogens is 290 g/mol. The number of carbonyl (C=O) groups is 1. The van der Waals surface area contributed by atoms with E-state index in [-0.39, 0.29) is 5.97 Å². The summed E-state index contributed by atoms with van der Waals surface area (Å²) >= 11 is 0. The van der Waals surface area contributed by atoms with E-state index in [0.29, 0.717) is 25.5 Å². The second kappa shape index (κ2) is 9.28. The van der Waals surface area contributed by atoms with Crippen LogP contribution in [-0.4, -0.2) is 30.7 Å². The van der Waals surface area contributed by atoms with E-state index in [1.165, 1.54) is 32.1 Å². The molecule has 2 rings (SSSR count). The fourth-order valence-electron chi connectivity index (χ4n) is 2.86. The highest BCUT2D eigenvalue weighted by molar-refractivity contribution is 5.69. The van der Waals surface area contributed by atoms with E-state index >= 15 is 0 Å². The zero-order chi connectivity index (χ0) is 16.5. The monoisotopic (exact) mass is 317 g/mol. The topological polar surface area (TPSA) is 54.3 Å². The molecule has 1 aromatic rings. The molecule has 1 aliphatic rings. The number of esters is 1. The Balaban J connectivity index is 1.81. The molecule has 0 atom stereocenters. The maximum atomic E-state index is 11.3. The first-order valence-corrected chi connectivity index (χ1v) is 8.58. The van der Waals surface area contributed by atoms with Crippen molar-refractivity contribution in [3.63, 3.8) is 0 Å². The van der Waals surface area contributed by atoms with E-state index in [1.54, 1.807) is 0 Å². The van der Waals surface area contributed by atoms with Crippen LogP contribution in [0, 0.1) is 0 Å². The predicted molar refractivity (Wildman–Crippen MR) is 90.5 cm³/mol. The Labute approximate surface area is 138 Å². The summed E-state index contributed by atoms with van der Waals surface area (Å²) in [6.07, 6.45) is 7.45. The van der Waals surface area contributed by atoms with Gasteiger partial charge in [-0.15, -0.1) is 5.11 Å². The standard InChI is InChI=1S/C18H27N3O2/c1-3-23-18(22)14-11-15-9-12-16(13-10-15)19-20-21(2)17-7-5-4-6-8-17/h9-10,12-13,17H,3-8,11,14H2,1-2H3. The van der Waals surface area contributed by atoms with Crippen molar-refractivity contribution in [3.05, 3.63) is 29.8 Å².